The summed E-state index contributed by atoms with van der Waals surface area (Å²) in [6.07, 6.45) is 1.69. The first-order valence-corrected chi connectivity index (χ1v) is 7.98. The molecule has 3 N–H and O–H groups in total. The highest BCUT2D eigenvalue weighted by atomic mass is 32.2. The van der Waals surface area contributed by atoms with Crippen molar-refractivity contribution >= 4 is 15.7 Å². The van der Waals surface area contributed by atoms with Gasteiger partial charge in [-0.15, -0.1) is 0 Å². The number of aryl methyl sites for hydroxylation is 1. The zero-order valence-electron chi connectivity index (χ0n) is 12.4. The van der Waals surface area contributed by atoms with E-state index in [2.05, 4.69) is 4.72 Å². The van der Waals surface area contributed by atoms with E-state index in [1.165, 1.54) is 0 Å². The predicted octanol–water partition coefficient (Wildman–Crippen LogP) is 2.74. The van der Waals surface area contributed by atoms with E-state index in [0.717, 1.165) is 18.4 Å². The summed E-state index contributed by atoms with van der Waals surface area (Å²) in [5.74, 6) is 0. The number of rotatable bonds is 5. The van der Waals surface area contributed by atoms with Crippen LogP contribution in [0.2, 0.25) is 0 Å². The lowest BCUT2D eigenvalue weighted by molar-refractivity contribution is 0.417. The molecule has 1 aromatic carbocycles. The van der Waals surface area contributed by atoms with Crippen LogP contribution in [0.15, 0.2) is 17.0 Å². The third-order valence-electron chi connectivity index (χ3n) is 3.26. The van der Waals surface area contributed by atoms with Crippen LogP contribution in [-0.2, 0) is 10.0 Å². The second-order valence-corrected chi connectivity index (χ2v) is 7.28. The largest absolute Gasteiger partial charge is 0.398 e. The topological polar surface area (TPSA) is 72.2 Å². The smallest absolute Gasteiger partial charge is 0.243 e. The van der Waals surface area contributed by atoms with E-state index in [9.17, 15) is 8.42 Å². The van der Waals surface area contributed by atoms with E-state index >= 15 is 0 Å². The number of hydrogen-bond acceptors (Lipinski definition) is 3. The standard InChI is InChI=1S/C14H24N2O2S/c1-6-9-14(4,5)16-19(17,18)13-11(3)10(2)7-8-12(13)15/h7-8,16H,6,9,15H2,1-5H3. The first kappa shape index (κ1) is 16.0. The van der Waals surface area contributed by atoms with Gasteiger partial charge in [0.1, 0.15) is 4.90 Å². The Bertz CT molecular complexity index is 563. The Morgan fingerprint density at radius 1 is 1.26 bits per heavy atom. The molecular formula is C14H24N2O2S. The summed E-state index contributed by atoms with van der Waals surface area (Å²) in [6, 6.07) is 3.48. The van der Waals surface area contributed by atoms with Gasteiger partial charge >= 0.3 is 0 Å². The normalized spacial score (nSPS) is 12.7. The van der Waals surface area contributed by atoms with E-state index in [-0.39, 0.29) is 4.90 Å². The number of nitrogens with one attached hydrogen (secondary N) is 1. The lowest BCUT2D eigenvalue weighted by Gasteiger charge is -2.26. The molecule has 4 nitrogen and oxygen atoms in total. The highest BCUT2D eigenvalue weighted by Gasteiger charge is 2.28. The summed E-state index contributed by atoms with van der Waals surface area (Å²) in [4.78, 5) is 0.205. The van der Waals surface area contributed by atoms with E-state index in [1.807, 2.05) is 33.8 Å². The SMILES string of the molecule is CCCC(C)(C)NS(=O)(=O)c1c(N)ccc(C)c1C. The van der Waals surface area contributed by atoms with Crippen molar-refractivity contribution in [2.75, 3.05) is 5.73 Å². The molecule has 0 atom stereocenters. The minimum atomic E-state index is -3.60. The number of hydrogen-bond donors (Lipinski definition) is 2. The molecule has 19 heavy (non-hydrogen) atoms. The van der Waals surface area contributed by atoms with Crippen molar-refractivity contribution in [3.63, 3.8) is 0 Å². The van der Waals surface area contributed by atoms with Gasteiger partial charge in [-0.2, -0.15) is 0 Å². The van der Waals surface area contributed by atoms with Crippen LogP contribution in [0.4, 0.5) is 5.69 Å². The second-order valence-electron chi connectivity index (χ2n) is 5.67. The number of nitrogen functional groups attached to an aromatic ring is 1. The molecule has 108 valence electrons. The van der Waals surface area contributed by atoms with Crippen LogP contribution < -0.4 is 10.5 Å². The summed E-state index contributed by atoms with van der Waals surface area (Å²) in [5, 5.41) is 0. The quantitative estimate of drug-likeness (QED) is 0.817. The van der Waals surface area contributed by atoms with E-state index in [1.54, 1.807) is 13.0 Å². The number of sulfonamides is 1. The predicted molar refractivity (Wildman–Crippen MR) is 79.6 cm³/mol. The third kappa shape index (κ3) is 3.70. The van der Waals surface area contributed by atoms with Gasteiger partial charge in [-0.3, -0.25) is 0 Å². The van der Waals surface area contributed by atoms with Crippen LogP contribution in [0, 0.1) is 13.8 Å². The number of benzene rings is 1. The van der Waals surface area contributed by atoms with Crippen molar-refractivity contribution in [3.05, 3.63) is 23.3 Å². The molecule has 0 saturated carbocycles. The fourth-order valence-electron chi connectivity index (χ4n) is 2.26. The maximum absolute atomic E-state index is 12.5. The molecule has 0 saturated heterocycles. The van der Waals surface area contributed by atoms with Gasteiger partial charge in [0.05, 0.1) is 5.69 Å². The maximum Gasteiger partial charge on any atom is 0.243 e. The van der Waals surface area contributed by atoms with Gasteiger partial charge in [0.2, 0.25) is 10.0 Å². The highest BCUT2D eigenvalue weighted by molar-refractivity contribution is 7.89. The first-order valence-electron chi connectivity index (χ1n) is 6.50. The summed E-state index contributed by atoms with van der Waals surface area (Å²) >= 11 is 0. The van der Waals surface area contributed by atoms with Crippen molar-refractivity contribution in [1.29, 1.82) is 0 Å². The van der Waals surface area contributed by atoms with Gasteiger partial charge in [-0.1, -0.05) is 19.4 Å². The molecule has 0 spiro atoms. The lowest BCUT2D eigenvalue weighted by atomic mass is 10.0. The molecule has 0 amide bonds. The van der Waals surface area contributed by atoms with E-state index in [4.69, 9.17) is 5.73 Å². The zero-order valence-corrected chi connectivity index (χ0v) is 13.2. The Hall–Kier alpha value is -1.07. The van der Waals surface area contributed by atoms with E-state index < -0.39 is 15.6 Å². The molecule has 5 heteroatoms. The zero-order chi connectivity index (χ0) is 14.8. The van der Waals surface area contributed by atoms with Crippen molar-refractivity contribution < 1.29 is 8.42 Å². The van der Waals surface area contributed by atoms with Crippen LogP contribution >= 0.6 is 0 Å². The Kier molecular flexibility index (Phi) is 4.63. The summed E-state index contributed by atoms with van der Waals surface area (Å²) in [5.41, 5.74) is 7.30. The van der Waals surface area contributed by atoms with Crippen molar-refractivity contribution in [1.82, 2.24) is 4.72 Å². The molecule has 0 radical (unpaired) electrons. The number of nitrogens with two attached hydrogens (primary N) is 1. The molecule has 1 aromatic rings. The first-order chi connectivity index (χ1) is 8.60. The third-order valence-corrected chi connectivity index (χ3v) is 5.16. The molecule has 0 aromatic heterocycles. The average Bonchev–Trinajstić information content (AvgIpc) is 2.21. The van der Waals surface area contributed by atoms with Gasteiger partial charge in [0.15, 0.2) is 0 Å². The van der Waals surface area contributed by atoms with Crippen molar-refractivity contribution in [3.8, 4) is 0 Å². The summed E-state index contributed by atoms with van der Waals surface area (Å²) < 4.78 is 27.8. The minimum absolute atomic E-state index is 0.205. The number of anilines is 1. The maximum atomic E-state index is 12.5. The Balaban J connectivity index is 3.26. The van der Waals surface area contributed by atoms with Gasteiger partial charge in [0, 0.05) is 5.54 Å². The van der Waals surface area contributed by atoms with Crippen LogP contribution in [0.5, 0.6) is 0 Å². The minimum Gasteiger partial charge on any atom is -0.398 e. The monoisotopic (exact) mass is 284 g/mol. The van der Waals surface area contributed by atoms with E-state index in [0.29, 0.717) is 11.3 Å². The molecular weight excluding hydrogens is 260 g/mol. The van der Waals surface area contributed by atoms with Crippen LogP contribution in [0.1, 0.15) is 44.7 Å². The highest BCUT2D eigenvalue weighted by Crippen LogP contribution is 2.27. The molecule has 0 heterocycles. The van der Waals surface area contributed by atoms with Gasteiger partial charge in [-0.05, 0) is 51.3 Å². The van der Waals surface area contributed by atoms with Gasteiger partial charge < -0.3 is 5.73 Å². The molecule has 0 unspecified atom stereocenters. The fraction of sp³-hybridized carbons (Fsp3) is 0.571. The Morgan fingerprint density at radius 2 is 1.84 bits per heavy atom. The van der Waals surface area contributed by atoms with Crippen LogP contribution in [0.3, 0.4) is 0 Å². The van der Waals surface area contributed by atoms with Gasteiger partial charge in [0.25, 0.3) is 0 Å². The molecule has 0 aliphatic carbocycles. The van der Waals surface area contributed by atoms with Crippen molar-refractivity contribution in [2.45, 2.75) is 57.9 Å². The average molecular weight is 284 g/mol. The Morgan fingerprint density at radius 3 is 2.37 bits per heavy atom. The molecule has 0 bridgehead atoms. The summed E-state index contributed by atoms with van der Waals surface area (Å²) in [6.45, 7) is 9.46. The molecule has 0 fully saturated rings. The molecule has 0 aliphatic heterocycles. The second kappa shape index (κ2) is 5.51. The van der Waals surface area contributed by atoms with Crippen LogP contribution in [0.25, 0.3) is 0 Å². The Labute approximate surface area is 116 Å². The fourth-order valence-corrected chi connectivity index (χ4v) is 4.13. The van der Waals surface area contributed by atoms with Crippen LogP contribution in [-0.4, -0.2) is 14.0 Å². The molecule has 1 rings (SSSR count). The lowest BCUT2D eigenvalue weighted by Crippen LogP contribution is -2.43. The summed E-state index contributed by atoms with van der Waals surface area (Å²) in [7, 11) is -3.60. The molecule has 0 aliphatic rings. The van der Waals surface area contributed by atoms with Gasteiger partial charge in [-0.25, -0.2) is 13.1 Å². The van der Waals surface area contributed by atoms with Crippen molar-refractivity contribution in [2.24, 2.45) is 0 Å².